The van der Waals surface area contributed by atoms with Crippen LogP contribution in [-0.4, -0.2) is 22.6 Å². The molecule has 21 heavy (non-hydrogen) atoms. The Labute approximate surface area is 120 Å². The van der Waals surface area contributed by atoms with E-state index in [0.717, 1.165) is 19.4 Å². The summed E-state index contributed by atoms with van der Waals surface area (Å²) in [4.78, 5) is 12.0. The molecule has 2 N–H and O–H groups in total. The monoisotopic (exact) mass is 290 g/mol. The predicted molar refractivity (Wildman–Crippen MR) is 73.4 cm³/mol. The summed E-state index contributed by atoms with van der Waals surface area (Å²) in [7, 11) is 0. The van der Waals surface area contributed by atoms with E-state index >= 15 is 0 Å². The van der Waals surface area contributed by atoms with Gasteiger partial charge in [0.05, 0.1) is 6.04 Å². The van der Waals surface area contributed by atoms with Gasteiger partial charge < -0.3 is 9.73 Å². The summed E-state index contributed by atoms with van der Waals surface area (Å²) in [5.41, 5.74) is 0.691. The third kappa shape index (κ3) is 2.92. The van der Waals surface area contributed by atoms with Gasteiger partial charge in [-0.25, -0.2) is 4.39 Å². The van der Waals surface area contributed by atoms with E-state index in [4.69, 9.17) is 4.42 Å². The van der Waals surface area contributed by atoms with Crippen molar-refractivity contribution < 1.29 is 13.6 Å². The van der Waals surface area contributed by atoms with Gasteiger partial charge >= 0.3 is 6.01 Å². The first kappa shape index (κ1) is 13.7. The molecule has 6 nitrogen and oxygen atoms in total. The van der Waals surface area contributed by atoms with Gasteiger partial charge in [0, 0.05) is 5.56 Å². The van der Waals surface area contributed by atoms with E-state index in [9.17, 15) is 9.18 Å². The van der Waals surface area contributed by atoms with Crippen molar-refractivity contribution in [2.24, 2.45) is 0 Å². The lowest BCUT2D eigenvalue weighted by molar-refractivity contribution is 0.102. The van der Waals surface area contributed by atoms with Crippen molar-refractivity contribution in [3.05, 3.63) is 41.0 Å². The van der Waals surface area contributed by atoms with Crippen LogP contribution in [0.4, 0.5) is 10.4 Å². The maximum absolute atomic E-state index is 13.4. The van der Waals surface area contributed by atoms with Crippen LogP contribution in [-0.2, 0) is 0 Å². The van der Waals surface area contributed by atoms with E-state index in [2.05, 4.69) is 20.8 Å². The third-order valence-corrected chi connectivity index (χ3v) is 3.45. The number of nitrogens with one attached hydrogen (secondary N) is 2. The van der Waals surface area contributed by atoms with E-state index in [1.165, 1.54) is 6.07 Å². The Morgan fingerprint density at radius 2 is 2.33 bits per heavy atom. The first-order valence-corrected chi connectivity index (χ1v) is 6.78. The highest BCUT2D eigenvalue weighted by molar-refractivity contribution is 6.03. The summed E-state index contributed by atoms with van der Waals surface area (Å²) in [6.45, 7) is 2.55. The lowest BCUT2D eigenvalue weighted by Gasteiger charge is -2.03. The molecule has 1 aliphatic heterocycles. The Morgan fingerprint density at radius 1 is 1.48 bits per heavy atom. The van der Waals surface area contributed by atoms with E-state index in [1.807, 2.05) is 0 Å². The standard InChI is InChI=1S/C14H15FN4O2/c1-8-4-5-9(7-10(8)15)12(20)17-14-19-18-13(21-14)11-3-2-6-16-11/h4-5,7,11,16H,2-3,6H2,1H3,(H,17,19,20). The fraction of sp³-hybridized carbons (Fsp3) is 0.357. The minimum Gasteiger partial charge on any atom is -0.406 e. The number of anilines is 1. The van der Waals surface area contributed by atoms with Crippen LogP contribution in [0.25, 0.3) is 0 Å². The van der Waals surface area contributed by atoms with Crippen LogP contribution in [0.3, 0.4) is 0 Å². The fourth-order valence-corrected chi connectivity index (χ4v) is 2.22. The number of amides is 1. The average molecular weight is 290 g/mol. The van der Waals surface area contributed by atoms with Crippen LogP contribution >= 0.6 is 0 Å². The van der Waals surface area contributed by atoms with Crippen molar-refractivity contribution in [1.29, 1.82) is 0 Å². The Morgan fingerprint density at radius 3 is 3.05 bits per heavy atom. The van der Waals surface area contributed by atoms with Gasteiger partial charge in [0.2, 0.25) is 5.89 Å². The van der Waals surface area contributed by atoms with Crippen LogP contribution in [0.2, 0.25) is 0 Å². The van der Waals surface area contributed by atoms with Gasteiger partial charge in [-0.1, -0.05) is 11.2 Å². The number of aryl methyl sites for hydroxylation is 1. The van der Waals surface area contributed by atoms with Crippen LogP contribution in [0, 0.1) is 12.7 Å². The van der Waals surface area contributed by atoms with Crippen molar-refractivity contribution in [3.8, 4) is 0 Å². The number of carbonyl (C=O) groups is 1. The molecule has 0 bridgehead atoms. The largest absolute Gasteiger partial charge is 0.406 e. The zero-order valence-corrected chi connectivity index (χ0v) is 11.5. The first-order valence-electron chi connectivity index (χ1n) is 6.78. The summed E-state index contributed by atoms with van der Waals surface area (Å²) in [5.74, 6) is -0.453. The zero-order chi connectivity index (χ0) is 14.8. The maximum Gasteiger partial charge on any atom is 0.322 e. The number of halogens is 1. The third-order valence-electron chi connectivity index (χ3n) is 3.45. The highest BCUT2D eigenvalue weighted by atomic mass is 19.1. The second-order valence-corrected chi connectivity index (χ2v) is 5.01. The highest BCUT2D eigenvalue weighted by Crippen LogP contribution is 2.23. The molecule has 0 spiro atoms. The molecule has 0 saturated carbocycles. The van der Waals surface area contributed by atoms with E-state index in [1.54, 1.807) is 19.1 Å². The quantitative estimate of drug-likeness (QED) is 0.905. The van der Waals surface area contributed by atoms with Gasteiger partial charge in [-0.3, -0.25) is 10.1 Å². The summed E-state index contributed by atoms with van der Waals surface area (Å²) in [6.07, 6.45) is 1.98. The first-order chi connectivity index (χ1) is 10.1. The number of rotatable bonds is 3. The molecule has 1 aromatic carbocycles. The van der Waals surface area contributed by atoms with Gasteiger partial charge in [0.1, 0.15) is 5.82 Å². The number of hydrogen-bond donors (Lipinski definition) is 2. The van der Waals surface area contributed by atoms with E-state index in [-0.39, 0.29) is 17.6 Å². The second kappa shape index (κ2) is 5.61. The molecule has 1 atom stereocenters. The minimum atomic E-state index is -0.483. The lowest BCUT2D eigenvalue weighted by atomic mass is 10.1. The van der Waals surface area contributed by atoms with Gasteiger partial charge in [-0.05, 0) is 44.0 Å². The number of nitrogens with zero attached hydrogens (tertiary/aromatic N) is 2. The van der Waals surface area contributed by atoms with E-state index < -0.39 is 11.7 Å². The normalized spacial score (nSPS) is 17.9. The van der Waals surface area contributed by atoms with Crippen LogP contribution in [0.5, 0.6) is 0 Å². The topological polar surface area (TPSA) is 80.0 Å². The van der Waals surface area contributed by atoms with Crippen molar-refractivity contribution in [1.82, 2.24) is 15.5 Å². The molecule has 1 amide bonds. The smallest absolute Gasteiger partial charge is 0.322 e. The molecule has 1 aliphatic rings. The van der Waals surface area contributed by atoms with Crippen LogP contribution in [0.15, 0.2) is 22.6 Å². The van der Waals surface area contributed by atoms with Crippen molar-refractivity contribution in [2.75, 3.05) is 11.9 Å². The molecule has 1 saturated heterocycles. The molecule has 1 unspecified atom stereocenters. The molecule has 3 rings (SSSR count). The Balaban J connectivity index is 1.70. The molecular weight excluding hydrogens is 275 g/mol. The van der Waals surface area contributed by atoms with Gasteiger partial charge in [-0.15, -0.1) is 5.10 Å². The molecule has 2 aromatic rings. The Hall–Kier alpha value is -2.28. The fourth-order valence-electron chi connectivity index (χ4n) is 2.22. The zero-order valence-electron chi connectivity index (χ0n) is 11.5. The number of carbonyl (C=O) groups excluding carboxylic acids is 1. The molecule has 0 radical (unpaired) electrons. The molecule has 110 valence electrons. The number of hydrogen-bond acceptors (Lipinski definition) is 5. The SMILES string of the molecule is Cc1ccc(C(=O)Nc2nnc(C3CCCN3)o2)cc1F. The Kier molecular flexibility index (Phi) is 3.66. The molecule has 1 fully saturated rings. The van der Waals surface area contributed by atoms with E-state index in [0.29, 0.717) is 11.5 Å². The summed E-state index contributed by atoms with van der Waals surface area (Å²) >= 11 is 0. The van der Waals surface area contributed by atoms with Crippen molar-refractivity contribution in [2.45, 2.75) is 25.8 Å². The Bertz CT molecular complexity index is 665. The highest BCUT2D eigenvalue weighted by Gasteiger charge is 2.22. The molecular formula is C14H15FN4O2. The van der Waals surface area contributed by atoms with Gasteiger partial charge in [0.25, 0.3) is 5.91 Å². The summed E-state index contributed by atoms with van der Waals surface area (Å²) in [5, 5.41) is 13.4. The number of aromatic nitrogens is 2. The van der Waals surface area contributed by atoms with Crippen molar-refractivity contribution >= 4 is 11.9 Å². The number of benzene rings is 1. The second-order valence-electron chi connectivity index (χ2n) is 5.01. The van der Waals surface area contributed by atoms with Crippen molar-refractivity contribution in [3.63, 3.8) is 0 Å². The predicted octanol–water partition coefficient (Wildman–Crippen LogP) is 2.19. The summed E-state index contributed by atoms with van der Waals surface area (Å²) < 4.78 is 18.9. The molecule has 7 heteroatoms. The van der Waals surface area contributed by atoms with Gasteiger partial charge in [-0.2, -0.15) is 0 Å². The van der Waals surface area contributed by atoms with Crippen LogP contribution in [0.1, 0.15) is 40.7 Å². The molecule has 2 heterocycles. The maximum atomic E-state index is 13.4. The average Bonchev–Trinajstić information content (AvgIpc) is 3.12. The molecule has 1 aromatic heterocycles. The minimum absolute atomic E-state index is 0.0182. The van der Waals surface area contributed by atoms with Crippen LogP contribution < -0.4 is 10.6 Å². The molecule has 0 aliphatic carbocycles. The lowest BCUT2D eigenvalue weighted by Crippen LogP contribution is -2.13. The summed E-state index contributed by atoms with van der Waals surface area (Å²) in [6, 6.07) is 4.33. The van der Waals surface area contributed by atoms with Gasteiger partial charge in [0.15, 0.2) is 0 Å².